The maximum Gasteiger partial charge on any atom is 0.339 e. The Morgan fingerprint density at radius 1 is 1.20 bits per heavy atom. The monoisotopic (exact) mass is 425 g/mol. The van der Waals surface area contributed by atoms with E-state index in [1.807, 2.05) is 12.1 Å². The third kappa shape index (κ3) is 5.47. The molecule has 7 heteroatoms. The third-order valence-electron chi connectivity index (χ3n) is 3.22. The van der Waals surface area contributed by atoms with Crippen LogP contribution in [0.25, 0.3) is 0 Å². The highest BCUT2D eigenvalue weighted by Crippen LogP contribution is 2.22. The number of ether oxygens (including phenoxy) is 2. The molecule has 2 aromatic rings. The van der Waals surface area contributed by atoms with Crippen LogP contribution in [0.4, 0.5) is 5.69 Å². The molecule has 0 aliphatic heterocycles. The van der Waals surface area contributed by atoms with Crippen LogP contribution in [0.2, 0.25) is 5.02 Å². The average Bonchev–Trinajstić information content (AvgIpc) is 2.58. The number of carbonyl (C=O) groups is 2. The number of nitrogens with one attached hydrogen (secondary N) is 1. The second-order valence-corrected chi connectivity index (χ2v) is 6.44. The van der Waals surface area contributed by atoms with Gasteiger partial charge in [-0.25, -0.2) is 4.79 Å². The highest BCUT2D eigenvalue weighted by Gasteiger charge is 2.17. The van der Waals surface area contributed by atoms with E-state index in [0.29, 0.717) is 11.4 Å². The molecular formula is C18H17BrClNO4. The van der Waals surface area contributed by atoms with Crippen molar-refractivity contribution in [2.24, 2.45) is 0 Å². The van der Waals surface area contributed by atoms with Gasteiger partial charge in [0.05, 0.1) is 17.2 Å². The van der Waals surface area contributed by atoms with Crippen molar-refractivity contribution in [2.75, 3.05) is 11.9 Å². The van der Waals surface area contributed by atoms with E-state index in [2.05, 4.69) is 21.2 Å². The fourth-order valence-electron chi connectivity index (χ4n) is 1.98. The van der Waals surface area contributed by atoms with Crippen molar-refractivity contribution in [2.45, 2.75) is 20.0 Å². The molecule has 5 nitrogen and oxygen atoms in total. The molecule has 1 unspecified atom stereocenters. The van der Waals surface area contributed by atoms with Gasteiger partial charge in [0, 0.05) is 10.2 Å². The lowest BCUT2D eigenvalue weighted by molar-refractivity contribution is -0.122. The van der Waals surface area contributed by atoms with Crippen LogP contribution in [0.15, 0.2) is 46.9 Å². The molecule has 1 N–H and O–H groups in total. The summed E-state index contributed by atoms with van der Waals surface area (Å²) in [6.07, 6.45) is -0.720. The molecule has 132 valence electrons. The molecule has 2 rings (SSSR count). The molecule has 0 saturated heterocycles. The highest BCUT2D eigenvalue weighted by molar-refractivity contribution is 9.10. The first kappa shape index (κ1) is 19.3. The second kappa shape index (κ2) is 8.87. The maximum atomic E-state index is 12.3. The van der Waals surface area contributed by atoms with Crippen molar-refractivity contribution in [3.63, 3.8) is 0 Å². The molecule has 2 aromatic carbocycles. The van der Waals surface area contributed by atoms with Gasteiger partial charge in [0.15, 0.2) is 6.10 Å². The Balaban J connectivity index is 2.05. The van der Waals surface area contributed by atoms with Gasteiger partial charge in [-0.2, -0.15) is 0 Å². The fourth-order valence-corrected chi connectivity index (χ4v) is 2.44. The molecule has 0 radical (unpaired) electrons. The minimum Gasteiger partial charge on any atom is -0.481 e. The van der Waals surface area contributed by atoms with E-state index in [-0.39, 0.29) is 23.1 Å². The topological polar surface area (TPSA) is 64.6 Å². The molecule has 0 aliphatic carbocycles. The van der Waals surface area contributed by atoms with Crippen LogP contribution < -0.4 is 10.1 Å². The van der Waals surface area contributed by atoms with Gasteiger partial charge >= 0.3 is 5.97 Å². The Morgan fingerprint density at radius 3 is 2.52 bits per heavy atom. The van der Waals surface area contributed by atoms with E-state index in [0.717, 1.165) is 4.47 Å². The summed E-state index contributed by atoms with van der Waals surface area (Å²) < 4.78 is 11.5. The van der Waals surface area contributed by atoms with Crippen LogP contribution in [0.5, 0.6) is 5.75 Å². The number of halogens is 2. The summed E-state index contributed by atoms with van der Waals surface area (Å²) in [7, 11) is 0. The molecule has 0 saturated carbocycles. The number of carbonyl (C=O) groups excluding carboxylic acids is 2. The summed E-state index contributed by atoms with van der Waals surface area (Å²) in [5.74, 6) is -0.308. The van der Waals surface area contributed by atoms with Crippen molar-refractivity contribution in [3.8, 4) is 5.75 Å². The first-order valence-corrected chi connectivity index (χ1v) is 8.77. The Kier molecular flexibility index (Phi) is 6.84. The van der Waals surface area contributed by atoms with E-state index < -0.39 is 12.1 Å². The quantitative estimate of drug-likeness (QED) is 0.681. The van der Waals surface area contributed by atoms with Gasteiger partial charge in [0.2, 0.25) is 0 Å². The van der Waals surface area contributed by atoms with E-state index in [9.17, 15) is 9.59 Å². The Morgan fingerprint density at radius 2 is 1.88 bits per heavy atom. The summed E-state index contributed by atoms with van der Waals surface area (Å²) in [4.78, 5) is 24.1. The molecular weight excluding hydrogens is 410 g/mol. The molecule has 0 heterocycles. The number of hydrogen-bond donors (Lipinski definition) is 1. The summed E-state index contributed by atoms with van der Waals surface area (Å²) in [6.45, 7) is 3.59. The van der Waals surface area contributed by atoms with Gasteiger partial charge < -0.3 is 14.8 Å². The van der Waals surface area contributed by atoms with Gasteiger partial charge in [-0.15, -0.1) is 0 Å². The number of hydrogen-bond acceptors (Lipinski definition) is 4. The predicted octanol–water partition coefficient (Wildman–Crippen LogP) is 4.69. The lowest BCUT2D eigenvalue weighted by Gasteiger charge is -2.15. The summed E-state index contributed by atoms with van der Waals surface area (Å²) in [5, 5.41) is 2.96. The largest absolute Gasteiger partial charge is 0.481 e. The van der Waals surface area contributed by atoms with Gasteiger partial charge in [0.25, 0.3) is 5.91 Å². The maximum absolute atomic E-state index is 12.3. The van der Waals surface area contributed by atoms with E-state index in [1.54, 1.807) is 32.0 Å². The van der Waals surface area contributed by atoms with Crippen LogP contribution in [0.1, 0.15) is 24.2 Å². The molecule has 0 spiro atoms. The van der Waals surface area contributed by atoms with Crippen molar-refractivity contribution in [1.29, 1.82) is 0 Å². The van der Waals surface area contributed by atoms with Crippen LogP contribution in [0.3, 0.4) is 0 Å². The highest BCUT2D eigenvalue weighted by atomic mass is 79.9. The smallest absolute Gasteiger partial charge is 0.339 e. The zero-order valence-corrected chi connectivity index (χ0v) is 16.1. The SMILES string of the molecule is CCOC(=O)c1cc(NC(=O)C(C)Oc2ccc(Br)cc2)ccc1Cl. The molecule has 0 bridgehead atoms. The standard InChI is InChI=1S/C18H17BrClNO4/c1-3-24-18(23)15-10-13(6-9-16(15)20)21-17(22)11(2)25-14-7-4-12(19)5-8-14/h4-11H,3H2,1-2H3,(H,21,22). The lowest BCUT2D eigenvalue weighted by atomic mass is 10.2. The first-order valence-electron chi connectivity index (χ1n) is 7.60. The zero-order chi connectivity index (χ0) is 18.4. The molecule has 1 amide bonds. The Labute approximate surface area is 159 Å². The Hall–Kier alpha value is -2.05. The molecule has 0 aliphatic rings. The van der Waals surface area contributed by atoms with Crippen molar-refractivity contribution >= 4 is 45.1 Å². The summed E-state index contributed by atoms with van der Waals surface area (Å²) >= 11 is 9.34. The van der Waals surface area contributed by atoms with E-state index in [4.69, 9.17) is 21.1 Å². The normalized spacial score (nSPS) is 11.5. The van der Waals surface area contributed by atoms with E-state index >= 15 is 0 Å². The van der Waals surface area contributed by atoms with Gasteiger partial charge in [-0.1, -0.05) is 27.5 Å². The second-order valence-electron chi connectivity index (χ2n) is 5.12. The summed E-state index contributed by atoms with van der Waals surface area (Å²) in [6, 6.07) is 11.8. The van der Waals surface area contributed by atoms with Crippen molar-refractivity contribution in [3.05, 3.63) is 57.5 Å². The van der Waals surface area contributed by atoms with Gasteiger partial charge in [0.1, 0.15) is 5.75 Å². The van der Waals surface area contributed by atoms with Crippen LogP contribution >= 0.6 is 27.5 Å². The number of esters is 1. The number of anilines is 1. The third-order valence-corrected chi connectivity index (χ3v) is 4.08. The van der Waals surface area contributed by atoms with E-state index in [1.165, 1.54) is 12.1 Å². The average molecular weight is 427 g/mol. The van der Waals surface area contributed by atoms with Crippen LogP contribution in [-0.2, 0) is 9.53 Å². The summed E-state index contributed by atoms with van der Waals surface area (Å²) in [5.41, 5.74) is 0.631. The van der Waals surface area contributed by atoms with Gasteiger partial charge in [-0.3, -0.25) is 4.79 Å². The van der Waals surface area contributed by atoms with Crippen molar-refractivity contribution < 1.29 is 19.1 Å². The first-order chi connectivity index (χ1) is 11.9. The molecule has 0 aromatic heterocycles. The number of benzene rings is 2. The lowest BCUT2D eigenvalue weighted by Crippen LogP contribution is -2.30. The number of rotatable bonds is 6. The number of amides is 1. The predicted molar refractivity (Wildman–Crippen MR) is 100 cm³/mol. The molecule has 1 atom stereocenters. The van der Waals surface area contributed by atoms with Gasteiger partial charge in [-0.05, 0) is 56.3 Å². The molecule has 0 fully saturated rings. The fraction of sp³-hybridized carbons (Fsp3) is 0.222. The Bertz CT molecular complexity index is 764. The minimum atomic E-state index is -0.720. The minimum absolute atomic E-state index is 0.197. The van der Waals surface area contributed by atoms with Crippen LogP contribution in [-0.4, -0.2) is 24.6 Å². The zero-order valence-electron chi connectivity index (χ0n) is 13.7. The van der Waals surface area contributed by atoms with Crippen LogP contribution in [0, 0.1) is 0 Å². The van der Waals surface area contributed by atoms with Crippen molar-refractivity contribution in [1.82, 2.24) is 0 Å². The molecule has 25 heavy (non-hydrogen) atoms.